The maximum absolute atomic E-state index is 12.3. The lowest BCUT2D eigenvalue weighted by molar-refractivity contribution is 0.207. The number of hydrogen-bond donors (Lipinski definition) is 1. The Hall–Kier alpha value is -2.12. The molecule has 0 spiro atoms. The van der Waals surface area contributed by atoms with Crippen molar-refractivity contribution in [2.45, 2.75) is 19.6 Å². The lowest BCUT2D eigenvalue weighted by Gasteiger charge is -2.18. The highest BCUT2D eigenvalue weighted by Crippen LogP contribution is 2.23. The molecule has 7 heteroatoms. The van der Waals surface area contributed by atoms with Crippen molar-refractivity contribution in [3.8, 4) is 0 Å². The fourth-order valence-corrected chi connectivity index (χ4v) is 4.04. The van der Waals surface area contributed by atoms with Gasteiger partial charge >= 0.3 is 6.03 Å². The number of nitrogens with zero attached hydrogens (tertiary/aromatic N) is 3. The number of thiophene rings is 1. The number of nitrogens with one attached hydrogen (secondary N) is 1. The van der Waals surface area contributed by atoms with Crippen LogP contribution < -0.4 is 5.32 Å². The smallest absolute Gasteiger partial charge is 0.317 e. The molecule has 0 atom stereocenters. The van der Waals surface area contributed by atoms with Crippen molar-refractivity contribution >= 4 is 33.3 Å². The van der Waals surface area contributed by atoms with Crippen LogP contribution in [0.5, 0.6) is 0 Å². The van der Waals surface area contributed by atoms with Gasteiger partial charge in [0.05, 0.1) is 16.9 Å². The number of amides is 2. The molecule has 0 saturated heterocycles. The first-order valence-corrected chi connectivity index (χ1v) is 9.50. The Bertz CT molecular complexity index is 831. The van der Waals surface area contributed by atoms with E-state index in [2.05, 4.69) is 32.4 Å². The maximum Gasteiger partial charge on any atom is 0.317 e. The summed E-state index contributed by atoms with van der Waals surface area (Å²) in [6, 6.07) is 13.9. The molecule has 0 bridgehead atoms. The van der Waals surface area contributed by atoms with Gasteiger partial charge in [-0.2, -0.15) is 5.10 Å². The second-order valence-electron chi connectivity index (χ2n) is 5.69. The zero-order valence-electron chi connectivity index (χ0n) is 13.9. The monoisotopic (exact) mass is 418 g/mol. The third-order valence-electron chi connectivity index (χ3n) is 3.81. The normalized spacial score (nSPS) is 10.6. The Morgan fingerprint density at radius 2 is 2.04 bits per heavy atom. The first-order chi connectivity index (χ1) is 12.1. The molecule has 0 fully saturated rings. The molecule has 2 amide bonds. The highest BCUT2D eigenvalue weighted by Gasteiger charge is 2.11. The molecule has 0 aliphatic carbocycles. The quantitative estimate of drug-likeness (QED) is 0.654. The Balaban J connectivity index is 1.58. The van der Waals surface area contributed by atoms with Gasteiger partial charge in [-0.3, -0.25) is 4.68 Å². The number of hydrogen-bond acceptors (Lipinski definition) is 3. The summed E-state index contributed by atoms with van der Waals surface area (Å²) in [5.74, 6) is 0. The minimum absolute atomic E-state index is 0.0848. The Labute approximate surface area is 159 Å². The predicted molar refractivity (Wildman–Crippen MR) is 103 cm³/mol. The summed E-state index contributed by atoms with van der Waals surface area (Å²) in [7, 11) is 1.80. The van der Waals surface area contributed by atoms with E-state index >= 15 is 0 Å². The van der Waals surface area contributed by atoms with Crippen LogP contribution in [-0.2, 0) is 19.6 Å². The molecule has 130 valence electrons. The molecule has 3 rings (SSSR count). The molecule has 0 aliphatic heterocycles. The molecular weight excluding hydrogens is 400 g/mol. The molecule has 2 heterocycles. The molecule has 1 aromatic carbocycles. The number of aromatic nitrogens is 2. The minimum Gasteiger partial charge on any atom is -0.334 e. The van der Waals surface area contributed by atoms with Gasteiger partial charge in [0, 0.05) is 30.9 Å². The van der Waals surface area contributed by atoms with Gasteiger partial charge in [-0.25, -0.2) is 4.79 Å². The van der Waals surface area contributed by atoms with Crippen LogP contribution in [0.15, 0.2) is 58.6 Å². The van der Waals surface area contributed by atoms with Crippen molar-refractivity contribution in [3.63, 3.8) is 0 Å². The summed E-state index contributed by atoms with van der Waals surface area (Å²) < 4.78 is 2.95. The van der Waals surface area contributed by atoms with Gasteiger partial charge in [0.1, 0.15) is 0 Å². The van der Waals surface area contributed by atoms with Crippen LogP contribution in [0.3, 0.4) is 0 Å². The van der Waals surface area contributed by atoms with Crippen molar-refractivity contribution in [2.24, 2.45) is 0 Å². The second-order valence-corrected chi connectivity index (χ2v) is 8.24. The summed E-state index contributed by atoms with van der Waals surface area (Å²) in [5, 5.41) is 7.24. The van der Waals surface area contributed by atoms with Gasteiger partial charge in [0.2, 0.25) is 0 Å². The van der Waals surface area contributed by atoms with E-state index in [9.17, 15) is 4.79 Å². The number of benzene rings is 1. The van der Waals surface area contributed by atoms with Crippen molar-refractivity contribution in [1.29, 1.82) is 0 Å². The molecule has 0 unspecified atom stereocenters. The van der Waals surface area contributed by atoms with Gasteiger partial charge in [0.15, 0.2) is 0 Å². The van der Waals surface area contributed by atoms with Crippen LogP contribution >= 0.6 is 27.3 Å². The summed E-state index contributed by atoms with van der Waals surface area (Å²) in [6.45, 7) is 1.78. The number of carbonyl (C=O) groups excluding carboxylic acids is 1. The van der Waals surface area contributed by atoms with Crippen LogP contribution in [0.2, 0.25) is 0 Å². The van der Waals surface area contributed by atoms with Crippen molar-refractivity contribution in [3.05, 3.63) is 74.6 Å². The molecule has 0 radical (unpaired) electrons. The second kappa shape index (κ2) is 8.31. The fourth-order valence-electron chi connectivity index (χ4n) is 2.50. The average molecular weight is 419 g/mol. The van der Waals surface area contributed by atoms with Crippen LogP contribution in [0.1, 0.15) is 16.0 Å². The van der Waals surface area contributed by atoms with Crippen LogP contribution in [0.25, 0.3) is 0 Å². The fraction of sp³-hybridized carbons (Fsp3) is 0.222. The first kappa shape index (κ1) is 17.7. The number of carbonyl (C=O) groups is 1. The summed E-state index contributed by atoms with van der Waals surface area (Å²) in [6.07, 6.45) is 3.70. The SMILES string of the molecule is CN(Cc1ccc(Br)s1)C(=O)NCc1ccccc1Cn1cccn1. The predicted octanol–water partition coefficient (Wildman–Crippen LogP) is 4.10. The standard InChI is InChI=1S/C18H19BrN4OS/c1-22(13-16-7-8-17(19)25-16)18(24)20-11-14-5-2-3-6-15(14)12-23-10-4-9-21-23/h2-10H,11-13H2,1H3,(H,20,24). The van der Waals surface area contributed by atoms with E-state index in [1.54, 1.807) is 29.5 Å². The zero-order valence-corrected chi connectivity index (χ0v) is 16.3. The lowest BCUT2D eigenvalue weighted by atomic mass is 10.1. The number of urea groups is 1. The summed E-state index contributed by atoms with van der Waals surface area (Å²) in [5.41, 5.74) is 2.25. The van der Waals surface area contributed by atoms with Crippen LogP contribution in [-0.4, -0.2) is 27.8 Å². The summed E-state index contributed by atoms with van der Waals surface area (Å²) in [4.78, 5) is 15.2. The third-order valence-corrected chi connectivity index (χ3v) is 5.42. The molecule has 5 nitrogen and oxygen atoms in total. The van der Waals surface area contributed by atoms with Gasteiger partial charge < -0.3 is 10.2 Å². The molecule has 2 aromatic heterocycles. The molecule has 25 heavy (non-hydrogen) atoms. The topological polar surface area (TPSA) is 50.2 Å². The summed E-state index contributed by atoms with van der Waals surface area (Å²) >= 11 is 5.08. The Kier molecular flexibility index (Phi) is 5.88. The molecule has 1 N–H and O–H groups in total. The highest BCUT2D eigenvalue weighted by molar-refractivity contribution is 9.11. The Morgan fingerprint density at radius 3 is 2.72 bits per heavy atom. The van der Waals surface area contributed by atoms with Crippen LogP contribution in [0.4, 0.5) is 4.79 Å². The molecule has 0 saturated carbocycles. The van der Waals surface area contributed by atoms with E-state index in [0.29, 0.717) is 19.6 Å². The van der Waals surface area contributed by atoms with Gasteiger partial charge in [-0.05, 0) is 45.3 Å². The van der Waals surface area contributed by atoms with Crippen molar-refractivity contribution in [1.82, 2.24) is 20.0 Å². The zero-order chi connectivity index (χ0) is 17.6. The minimum atomic E-state index is -0.0848. The van der Waals surface area contributed by atoms with E-state index in [0.717, 1.165) is 19.8 Å². The average Bonchev–Trinajstić information content (AvgIpc) is 3.25. The van der Waals surface area contributed by atoms with Crippen molar-refractivity contribution < 1.29 is 4.79 Å². The van der Waals surface area contributed by atoms with Gasteiger partial charge in [0.25, 0.3) is 0 Å². The largest absolute Gasteiger partial charge is 0.334 e. The van der Waals surface area contributed by atoms with Gasteiger partial charge in [-0.1, -0.05) is 24.3 Å². The van der Waals surface area contributed by atoms with Gasteiger partial charge in [-0.15, -0.1) is 11.3 Å². The molecular formula is C18H19BrN4OS. The first-order valence-electron chi connectivity index (χ1n) is 7.89. The van der Waals surface area contributed by atoms with Crippen LogP contribution in [0, 0.1) is 0 Å². The van der Waals surface area contributed by atoms with E-state index in [1.807, 2.05) is 47.3 Å². The van der Waals surface area contributed by atoms with Crippen molar-refractivity contribution in [2.75, 3.05) is 7.05 Å². The molecule has 0 aliphatic rings. The van der Waals surface area contributed by atoms with E-state index in [4.69, 9.17) is 0 Å². The lowest BCUT2D eigenvalue weighted by Crippen LogP contribution is -2.36. The highest BCUT2D eigenvalue weighted by atomic mass is 79.9. The number of rotatable bonds is 6. The van der Waals surface area contributed by atoms with E-state index < -0.39 is 0 Å². The number of halogens is 1. The van der Waals surface area contributed by atoms with E-state index in [-0.39, 0.29) is 6.03 Å². The maximum atomic E-state index is 12.3. The van der Waals surface area contributed by atoms with E-state index in [1.165, 1.54) is 0 Å². The Morgan fingerprint density at radius 1 is 1.24 bits per heavy atom. The third kappa shape index (κ3) is 4.93. The molecule has 3 aromatic rings.